The molecule has 1 aromatic carbocycles. The minimum absolute atomic E-state index is 0.161. The van der Waals surface area contributed by atoms with E-state index in [1.807, 2.05) is 6.92 Å². The Morgan fingerprint density at radius 3 is 2.65 bits per heavy atom. The van der Waals surface area contributed by atoms with Crippen molar-refractivity contribution in [2.45, 2.75) is 24.6 Å². The van der Waals surface area contributed by atoms with Gasteiger partial charge in [0, 0.05) is 11.8 Å². The molecule has 0 unspecified atom stereocenters. The summed E-state index contributed by atoms with van der Waals surface area (Å²) < 4.78 is 33.1. The minimum atomic E-state index is -3.70. The summed E-state index contributed by atoms with van der Waals surface area (Å²) in [4.78, 5) is 11.7. The van der Waals surface area contributed by atoms with Crippen molar-refractivity contribution in [3.05, 3.63) is 41.3 Å². The van der Waals surface area contributed by atoms with Gasteiger partial charge in [-0.25, -0.2) is 8.42 Å². The van der Waals surface area contributed by atoms with Crippen LogP contribution in [0.15, 0.2) is 40.6 Å². The van der Waals surface area contributed by atoms with Gasteiger partial charge in [-0.15, -0.1) is 11.3 Å². The molecule has 0 atom stereocenters. The number of amides is 1. The maximum atomic E-state index is 12.5. The Hall–Kier alpha value is -2.06. The number of hydrogen-bond donors (Lipinski definition) is 2. The van der Waals surface area contributed by atoms with E-state index in [1.165, 1.54) is 13.0 Å². The third-order valence-corrected chi connectivity index (χ3v) is 5.79. The molecule has 23 heavy (non-hydrogen) atoms. The Morgan fingerprint density at radius 2 is 1.96 bits per heavy atom. The second kappa shape index (κ2) is 7.47. The zero-order valence-corrected chi connectivity index (χ0v) is 14.5. The Kier molecular flexibility index (Phi) is 5.62. The van der Waals surface area contributed by atoms with Crippen LogP contribution in [0.2, 0.25) is 0 Å². The normalized spacial score (nSPS) is 11.0. The predicted molar refractivity (Wildman–Crippen MR) is 90.3 cm³/mol. The topological polar surface area (TPSA) is 84.5 Å². The van der Waals surface area contributed by atoms with E-state index in [9.17, 15) is 13.2 Å². The van der Waals surface area contributed by atoms with E-state index in [1.54, 1.807) is 30.3 Å². The molecule has 0 saturated carbocycles. The molecule has 2 N–H and O–H groups in total. The van der Waals surface area contributed by atoms with Crippen molar-refractivity contribution >= 4 is 33.0 Å². The van der Waals surface area contributed by atoms with Gasteiger partial charge in [0.05, 0.1) is 18.8 Å². The van der Waals surface area contributed by atoms with Crippen molar-refractivity contribution in [1.29, 1.82) is 0 Å². The molecule has 0 spiro atoms. The van der Waals surface area contributed by atoms with Crippen LogP contribution in [0, 0.1) is 0 Å². The number of ether oxygens (including phenoxy) is 1. The molecule has 124 valence electrons. The van der Waals surface area contributed by atoms with Crippen molar-refractivity contribution in [3.8, 4) is 5.75 Å². The quantitative estimate of drug-likeness (QED) is 0.800. The zero-order chi connectivity index (χ0) is 16.9. The van der Waals surface area contributed by atoms with Gasteiger partial charge in [-0.3, -0.25) is 9.52 Å². The standard InChI is InChI=1S/C15H18N2O4S2/c1-3-21-14-7-5-4-6-13(14)17-23(19,20)15-9-8-12(22-15)10-16-11(2)18/h4-9,17H,3,10H2,1-2H3,(H,16,18). The van der Waals surface area contributed by atoms with E-state index in [4.69, 9.17) is 4.74 Å². The lowest BCUT2D eigenvalue weighted by atomic mass is 10.3. The highest BCUT2D eigenvalue weighted by Crippen LogP contribution is 2.29. The van der Waals surface area contributed by atoms with Gasteiger partial charge in [-0.1, -0.05) is 12.1 Å². The Morgan fingerprint density at radius 1 is 1.22 bits per heavy atom. The van der Waals surface area contributed by atoms with Gasteiger partial charge >= 0.3 is 0 Å². The molecule has 6 nitrogen and oxygen atoms in total. The smallest absolute Gasteiger partial charge is 0.271 e. The number of para-hydroxylation sites is 2. The number of hydrogen-bond acceptors (Lipinski definition) is 5. The number of nitrogens with one attached hydrogen (secondary N) is 2. The number of carbonyl (C=O) groups is 1. The molecule has 1 amide bonds. The first-order chi connectivity index (χ1) is 10.9. The van der Waals surface area contributed by atoms with Crippen molar-refractivity contribution < 1.29 is 17.9 Å². The third kappa shape index (κ3) is 4.70. The average Bonchev–Trinajstić information content (AvgIpc) is 2.97. The highest BCUT2D eigenvalue weighted by molar-refractivity contribution is 7.94. The lowest BCUT2D eigenvalue weighted by molar-refractivity contribution is -0.119. The number of benzene rings is 1. The van der Waals surface area contributed by atoms with Crippen molar-refractivity contribution in [1.82, 2.24) is 5.32 Å². The molecule has 0 radical (unpaired) electrons. The lowest BCUT2D eigenvalue weighted by Crippen LogP contribution is -2.18. The third-order valence-electron chi connectivity index (χ3n) is 2.84. The summed E-state index contributed by atoms with van der Waals surface area (Å²) >= 11 is 1.11. The molecule has 0 bridgehead atoms. The molecule has 0 aliphatic carbocycles. The fraction of sp³-hybridized carbons (Fsp3) is 0.267. The summed E-state index contributed by atoms with van der Waals surface area (Å²) in [6, 6.07) is 10.1. The Balaban J connectivity index is 2.18. The number of rotatable bonds is 7. The molecule has 8 heteroatoms. The molecule has 2 aromatic rings. The largest absolute Gasteiger partial charge is 0.492 e. The number of sulfonamides is 1. The fourth-order valence-corrected chi connectivity index (χ4v) is 4.20. The minimum Gasteiger partial charge on any atom is -0.492 e. The first kappa shape index (κ1) is 17.3. The van der Waals surface area contributed by atoms with E-state index >= 15 is 0 Å². The van der Waals surface area contributed by atoms with Crippen LogP contribution < -0.4 is 14.8 Å². The lowest BCUT2D eigenvalue weighted by Gasteiger charge is -2.11. The Labute approximate surface area is 139 Å². The van der Waals surface area contributed by atoms with Crippen LogP contribution in [0.5, 0.6) is 5.75 Å². The summed E-state index contributed by atoms with van der Waals surface area (Å²) in [5.41, 5.74) is 0.395. The zero-order valence-electron chi connectivity index (χ0n) is 12.8. The fourth-order valence-electron chi connectivity index (χ4n) is 1.84. The van der Waals surface area contributed by atoms with Gasteiger partial charge in [-0.2, -0.15) is 0 Å². The first-order valence-corrected chi connectivity index (χ1v) is 9.30. The molecule has 0 saturated heterocycles. The van der Waals surface area contributed by atoms with Crippen molar-refractivity contribution in [2.24, 2.45) is 0 Å². The molecular weight excluding hydrogens is 336 g/mol. The van der Waals surface area contributed by atoms with Crippen LogP contribution in [-0.2, 0) is 21.4 Å². The van der Waals surface area contributed by atoms with E-state index in [0.29, 0.717) is 24.6 Å². The van der Waals surface area contributed by atoms with Gasteiger partial charge in [-0.05, 0) is 31.2 Å². The first-order valence-electron chi connectivity index (χ1n) is 7.00. The van der Waals surface area contributed by atoms with Crippen LogP contribution in [-0.4, -0.2) is 20.9 Å². The molecule has 0 fully saturated rings. The summed E-state index contributed by atoms with van der Waals surface area (Å²) in [5.74, 6) is 0.320. The predicted octanol–water partition coefficient (Wildman–Crippen LogP) is 2.58. The van der Waals surface area contributed by atoms with Crippen LogP contribution in [0.1, 0.15) is 18.7 Å². The highest BCUT2D eigenvalue weighted by atomic mass is 32.2. The van der Waals surface area contributed by atoms with E-state index < -0.39 is 10.0 Å². The summed E-state index contributed by atoms with van der Waals surface area (Å²) in [7, 11) is -3.70. The van der Waals surface area contributed by atoms with Crippen LogP contribution >= 0.6 is 11.3 Å². The molecular formula is C15H18N2O4S2. The number of anilines is 1. The van der Waals surface area contributed by atoms with E-state index in [-0.39, 0.29) is 10.1 Å². The van der Waals surface area contributed by atoms with Crippen molar-refractivity contribution in [3.63, 3.8) is 0 Å². The summed E-state index contributed by atoms with van der Waals surface area (Å²) in [6.45, 7) is 4.00. The average molecular weight is 354 g/mol. The van der Waals surface area contributed by atoms with E-state index in [0.717, 1.165) is 16.2 Å². The molecule has 0 aliphatic rings. The highest BCUT2D eigenvalue weighted by Gasteiger charge is 2.18. The molecule has 2 rings (SSSR count). The van der Waals surface area contributed by atoms with Gasteiger partial charge in [0.25, 0.3) is 10.0 Å². The van der Waals surface area contributed by atoms with Gasteiger partial charge in [0.1, 0.15) is 9.96 Å². The Bertz CT molecular complexity index is 784. The monoisotopic (exact) mass is 354 g/mol. The molecule has 1 aromatic heterocycles. The number of carbonyl (C=O) groups excluding carboxylic acids is 1. The van der Waals surface area contributed by atoms with Gasteiger partial charge in [0.2, 0.25) is 5.91 Å². The van der Waals surface area contributed by atoms with Gasteiger partial charge < -0.3 is 10.1 Å². The SMILES string of the molecule is CCOc1ccccc1NS(=O)(=O)c1ccc(CNC(C)=O)s1. The number of thiophene rings is 1. The maximum Gasteiger partial charge on any atom is 0.271 e. The summed E-state index contributed by atoms with van der Waals surface area (Å²) in [6.07, 6.45) is 0. The molecule has 1 heterocycles. The summed E-state index contributed by atoms with van der Waals surface area (Å²) in [5, 5.41) is 2.64. The van der Waals surface area contributed by atoms with Crippen molar-refractivity contribution in [2.75, 3.05) is 11.3 Å². The maximum absolute atomic E-state index is 12.5. The van der Waals surface area contributed by atoms with Gasteiger partial charge in [0.15, 0.2) is 0 Å². The molecule has 0 aliphatic heterocycles. The second-order valence-corrected chi connectivity index (χ2v) is 7.74. The van der Waals surface area contributed by atoms with Crippen LogP contribution in [0.4, 0.5) is 5.69 Å². The second-order valence-electron chi connectivity index (χ2n) is 4.67. The van der Waals surface area contributed by atoms with E-state index in [2.05, 4.69) is 10.0 Å². The van der Waals surface area contributed by atoms with Crippen LogP contribution in [0.3, 0.4) is 0 Å². The van der Waals surface area contributed by atoms with Crippen LogP contribution in [0.25, 0.3) is 0 Å².